The van der Waals surface area contributed by atoms with E-state index in [1.54, 1.807) is 0 Å². The lowest BCUT2D eigenvalue weighted by Gasteiger charge is -2.01. The van der Waals surface area contributed by atoms with Crippen LogP contribution in [0.2, 0.25) is 0 Å². The molecule has 2 atom stereocenters. The SMILES string of the molecule is C=CC[C@H]1CCCS1=O. The molecule has 1 heterocycles. The van der Waals surface area contributed by atoms with Crippen LogP contribution in [0.15, 0.2) is 12.7 Å². The topological polar surface area (TPSA) is 17.1 Å². The lowest BCUT2D eigenvalue weighted by atomic mass is 10.2. The van der Waals surface area contributed by atoms with Crippen molar-refractivity contribution in [3.63, 3.8) is 0 Å². The highest BCUT2D eigenvalue weighted by Gasteiger charge is 2.20. The smallest absolute Gasteiger partial charge is 0.0382 e. The van der Waals surface area contributed by atoms with Gasteiger partial charge in [-0.15, -0.1) is 6.58 Å². The van der Waals surface area contributed by atoms with Gasteiger partial charge in [-0.3, -0.25) is 4.21 Å². The third kappa shape index (κ3) is 1.65. The first kappa shape index (κ1) is 7.00. The molecule has 1 aliphatic rings. The zero-order valence-electron chi connectivity index (χ0n) is 5.51. The summed E-state index contributed by atoms with van der Waals surface area (Å²) in [4.78, 5) is 0. The first-order chi connectivity index (χ1) is 4.34. The Hall–Kier alpha value is -0.110. The Balaban J connectivity index is 2.39. The first-order valence-electron chi connectivity index (χ1n) is 3.32. The molecule has 0 N–H and O–H groups in total. The van der Waals surface area contributed by atoms with Crippen LogP contribution in [-0.4, -0.2) is 15.2 Å². The lowest BCUT2D eigenvalue weighted by molar-refractivity contribution is 0.676. The fraction of sp³-hybridized carbons (Fsp3) is 0.714. The average Bonchev–Trinajstić information content (AvgIpc) is 2.18. The van der Waals surface area contributed by atoms with E-state index in [0.29, 0.717) is 5.25 Å². The van der Waals surface area contributed by atoms with Gasteiger partial charge >= 0.3 is 0 Å². The molecule has 1 fully saturated rings. The Labute approximate surface area is 58.6 Å². The standard InChI is InChI=1S/C7H12OS/c1-2-4-7-5-3-6-9(7)8/h2,7H,1,3-6H2/t7-,9?/m0/s1. The van der Waals surface area contributed by atoms with E-state index in [2.05, 4.69) is 6.58 Å². The molecule has 0 aromatic heterocycles. The fourth-order valence-electron chi connectivity index (χ4n) is 1.16. The van der Waals surface area contributed by atoms with Gasteiger partial charge in [0.1, 0.15) is 0 Å². The Morgan fingerprint density at radius 1 is 1.78 bits per heavy atom. The highest BCUT2D eigenvalue weighted by molar-refractivity contribution is 7.85. The Morgan fingerprint density at radius 3 is 3.00 bits per heavy atom. The molecule has 0 bridgehead atoms. The summed E-state index contributed by atoms with van der Waals surface area (Å²) in [7, 11) is -0.532. The van der Waals surface area contributed by atoms with Crippen LogP contribution >= 0.6 is 0 Å². The van der Waals surface area contributed by atoms with Crippen LogP contribution in [0.25, 0.3) is 0 Å². The summed E-state index contributed by atoms with van der Waals surface area (Å²) in [5, 5.41) is 0.433. The van der Waals surface area contributed by atoms with Gasteiger partial charge in [0.15, 0.2) is 0 Å². The minimum Gasteiger partial charge on any atom is -0.259 e. The van der Waals surface area contributed by atoms with Gasteiger partial charge in [-0.2, -0.15) is 0 Å². The second-order valence-electron chi connectivity index (χ2n) is 2.37. The molecule has 0 aromatic rings. The van der Waals surface area contributed by atoms with Gasteiger partial charge in [-0.25, -0.2) is 0 Å². The van der Waals surface area contributed by atoms with Crippen molar-refractivity contribution in [1.29, 1.82) is 0 Å². The van der Waals surface area contributed by atoms with Gasteiger partial charge in [-0.1, -0.05) is 6.08 Å². The Bertz CT molecular complexity index is 131. The summed E-state index contributed by atoms with van der Waals surface area (Å²) in [6.45, 7) is 3.62. The van der Waals surface area contributed by atoms with E-state index >= 15 is 0 Å². The van der Waals surface area contributed by atoms with Crippen LogP contribution in [0.3, 0.4) is 0 Å². The number of rotatable bonds is 2. The van der Waals surface area contributed by atoms with Crippen molar-refractivity contribution in [2.75, 3.05) is 5.75 Å². The van der Waals surface area contributed by atoms with E-state index < -0.39 is 10.8 Å². The van der Waals surface area contributed by atoms with E-state index in [1.807, 2.05) is 6.08 Å². The summed E-state index contributed by atoms with van der Waals surface area (Å²) in [6, 6.07) is 0. The van der Waals surface area contributed by atoms with Crippen molar-refractivity contribution in [2.24, 2.45) is 0 Å². The first-order valence-corrected chi connectivity index (χ1v) is 4.71. The van der Waals surface area contributed by atoms with Gasteiger partial charge in [0.2, 0.25) is 0 Å². The molecule has 2 heteroatoms. The fourth-order valence-corrected chi connectivity index (χ4v) is 2.73. The molecule has 1 unspecified atom stereocenters. The van der Waals surface area contributed by atoms with E-state index in [0.717, 1.165) is 25.0 Å². The Morgan fingerprint density at radius 2 is 2.56 bits per heavy atom. The average molecular weight is 144 g/mol. The zero-order valence-corrected chi connectivity index (χ0v) is 6.32. The summed E-state index contributed by atoms with van der Waals surface area (Å²) < 4.78 is 11.0. The van der Waals surface area contributed by atoms with Gasteiger partial charge in [-0.05, 0) is 19.3 Å². The van der Waals surface area contributed by atoms with Crippen molar-refractivity contribution >= 4 is 10.8 Å². The predicted octanol–water partition coefficient (Wildman–Crippen LogP) is 1.47. The minimum atomic E-state index is -0.532. The highest BCUT2D eigenvalue weighted by atomic mass is 32.2. The maximum Gasteiger partial charge on any atom is 0.0382 e. The van der Waals surface area contributed by atoms with Crippen LogP contribution in [-0.2, 0) is 10.8 Å². The maximum absolute atomic E-state index is 11.0. The monoisotopic (exact) mass is 144 g/mol. The third-order valence-electron chi connectivity index (χ3n) is 1.67. The molecule has 0 aliphatic carbocycles. The van der Waals surface area contributed by atoms with Crippen molar-refractivity contribution in [2.45, 2.75) is 24.5 Å². The molecule has 1 rings (SSSR count). The van der Waals surface area contributed by atoms with E-state index in [9.17, 15) is 4.21 Å². The zero-order chi connectivity index (χ0) is 6.69. The van der Waals surface area contributed by atoms with Crippen molar-refractivity contribution in [3.05, 3.63) is 12.7 Å². The van der Waals surface area contributed by atoms with Crippen LogP contribution in [0.5, 0.6) is 0 Å². The highest BCUT2D eigenvalue weighted by Crippen LogP contribution is 2.18. The van der Waals surface area contributed by atoms with Crippen molar-refractivity contribution in [3.8, 4) is 0 Å². The van der Waals surface area contributed by atoms with Crippen LogP contribution in [0.4, 0.5) is 0 Å². The molecular weight excluding hydrogens is 132 g/mol. The van der Waals surface area contributed by atoms with Gasteiger partial charge in [0, 0.05) is 21.8 Å². The van der Waals surface area contributed by atoms with E-state index in [4.69, 9.17) is 0 Å². The van der Waals surface area contributed by atoms with Crippen LogP contribution in [0, 0.1) is 0 Å². The molecule has 9 heavy (non-hydrogen) atoms. The van der Waals surface area contributed by atoms with Crippen molar-refractivity contribution in [1.82, 2.24) is 0 Å². The van der Waals surface area contributed by atoms with Gasteiger partial charge in [0.05, 0.1) is 0 Å². The predicted molar refractivity (Wildman–Crippen MR) is 40.8 cm³/mol. The molecule has 0 saturated carbocycles. The van der Waals surface area contributed by atoms with Gasteiger partial charge < -0.3 is 0 Å². The molecule has 1 aliphatic heterocycles. The van der Waals surface area contributed by atoms with Gasteiger partial charge in [0.25, 0.3) is 0 Å². The van der Waals surface area contributed by atoms with Crippen molar-refractivity contribution < 1.29 is 4.21 Å². The van der Waals surface area contributed by atoms with Crippen LogP contribution in [0.1, 0.15) is 19.3 Å². The maximum atomic E-state index is 11.0. The molecule has 1 nitrogen and oxygen atoms in total. The summed E-state index contributed by atoms with van der Waals surface area (Å²) in [5.41, 5.74) is 0. The number of allylic oxidation sites excluding steroid dienone is 1. The van der Waals surface area contributed by atoms with E-state index in [-0.39, 0.29) is 0 Å². The largest absolute Gasteiger partial charge is 0.259 e. The molecule has 0 amide bonds. The second-order valence-corrected chi connectivity index (χ2v) is 4.21. The Kier molecular flexibility index (Phi) is 2.46. The molecule has 0 radical (unpaired) electrons. The summed E-state index contributed by atoms with van der Waals surface area (Å²) >= 11 is 0. The minimum absolute atomic E-state index is 0.433. The van der Waals surface area contributed by atoms with E-state index in [1.165, 1.54) is 0 Å². The second kappa shape index (κ2) is 3.16. The number of hydrogen-bond donors (Lipinski definition) is 0. The lowest BCUT2D eigenvalue weighted by Crippen LogP contribution is -2.06. The number of hydrogen-bond acceptors (Lipinski definition) is 1. The quantitative estimate of drug-likeness (QED) is 0.536. The normalized spacial score (nSPS) is 34.7. The summed E-state index contributed by atoms with van der Waals surface area (Å²) in [6.07, 6.45) is 5.09. The van der Waals surface area contributed by atoms with Crippen LogP contribution < -0.4 is 0 Å². The molecule has 52 valence electrons. The molecular formula is C7H12OS. The molecule has 1 saturated heterocycles. The molecule has 0 aromatic carbocycles. The summed E-state index contributed by atoms with van der Waals surface area (Å²) in [5.74, 6) is 0.915. The third-order valence-corrected chi connectivity index (χ3v) is 3.54. The molecule has 0 spiro atoms.